The van der Waals surface area contributed by atoms with Gasteiger partial charge in [0.2, 0.25) is 0 Å². The highest BCUT2D eigenvalue weighted by atomic mass is 14.4. The molecule has 2 aliphatic carbocycles. The lowest BCUT2D eigenvalue weighted by molar-refractivity contribution is 0.500. The van der Waals surface area contributed by atoms with Gasteiger partial charge in [-0.05, 0) is 56.7 Å². The minimum atomic E-state index is 0.135. The fourth-order valence-corrected chi connectivity index (χ4v) is 5.95. The van der Waals surface area contributed by atoms with Gasteiger partial charge in [0.25, 0.3) is 0 Å². The monoisotopic (exact) mass is 446 g/mol. The molecule has 0 spiro atoms. The maximum atomic E-state index is 2.57. The molecule has 0 N–H and O–H groups in total. The number of hydrogen-bond acceptors (Lipinski definition) is 0. The SMILES string of the molecule is CC1=CC(C(C)(C)C)=CC1C(c1ccccc1)C1c2ccccc2-c2cc(C(C)(C)C)ccc21. The van der Waals surface area contributed by atoms with Crippen molar-refractivity contribution in [3.8, 4) is 11.1 Å². The number of fused-ring (bicyclic) bond motifs is 3. The Morgan fingerprint density at radius 2 is 1.32 bits per heavy atom. The molecule has 3 aromatic carbocycles. The number of hydrogen-bond donors (Lipinski definition) is 0. The van der Waals surface area contributed by atoms with Crippen LogP contribution in [0.2, 0.25) is 0 Å². The average molecular weight is 447 g/mol. The Kier molecular flexibility index (Phi) is 5.47. The molecule has 0 saturated carbocycles. The van der Waals surface area contributed by atoms with Gasteiger partial charge in [-0.1, -0.05) is 132 Å². The highest BCUT2D eigenvalue weighted by molar-refractivity contribution is 5.80. The number of benzene rings is 3. The largest absolute Gasteiger partial charge is 0.0729 e. The van der Waals surface area contributed by atoms with Crippen LogP contribution in [0.1, 0.15) is 82.6 Å². The fraction of sp³-hybridized carbons (Fsp3) is 0.353. The van der Waals surface area contributed by atoms with Crippen LogP contribution < -0.4 is 0 Å². The summed E-state index contributed by atoms with van der Waals surface area (Å²) >= 11 is 0. The molecule has 174 valence electrons. The first-order valence-corrected chi connectivity index (χ1v) is 12.7. The fourth-order valence-electron chi connectivity index (χ4n) is 5.95. The first-order chi connectivity index (χ1) is 16.1. The van der Waals surface area contributed by atoms with E-state index >= 15 is 0 Å². The van der Waals surface area contributed by atoms with Gasteiger partial charge in [-0.15, -0.1) is 0 Å². The highest BCUT2D eigenvalue weighted by Crippen LogP contribution is 2.56. The molecule has 0 nitrogen and oxygen atoms in total. The van der Waals surface area contributed by atoms with Crippen molar-refractivity contribution >= 4 is 0 Å². The molecule has 0 fully saturated rings. The zero-order chi connectivity index (χ0) is 24.3. The number of rotatable bonds is 3. The Bertz CT molecular complexity index is 1270. The van der Waals surface area contributed by atoms with Crippen molar-refractivity contribution < 1.29 is 0 Å². The zero-order valence-corrected chi connectivity index (χ0v) is 21.8. The van der Waals surface area contributed by atoms with Crippen LogP contribution in [-0.4, -0.2) is 0 Å². The standard InChI is InChI=1S/C34H38/c1-22-19-25(34(5,6)7)21-29(22)31(23-13-9-8-10-14-23)32-27-16-12-11-15-26(27)30-20-24(33(2,3)4)17-18-28(30)32/h8-21,29,31-32H,1-7H3. The molecule has 34 heavy (non-hydrogen) atoms. The molecule has 0 bridgehead atoms. The molecule has 0 heterocycles. The van der Waals surface area contributed by atoms with Crippen molar-refractivity contribution in [2.45, 2.75) is 65.7 Å². The van der Waals surface area contributed by atoms with Gasteiger partial charge in [-0.25, -0.2) is 0 Å². The molecule has 0 aliphatic heterocycles. The Morgan fingerprint density at radius 3 is 1.97 bits per heavy atom. The van der Waals surface area contributed by atoms with E-state index < -0.39 is 0 Å². The van der Waals surface area contributed by atoms with E-state index in [0.717, 1.165) is 0 Å². The van der Waals surface area contributed by atoms with Crippen LogP contribution >= 0.6 is 0 Å². The highest BCUT2D eigenvalue weighted by Gasteiger charge is 2.41. The second kappa shape index (κ2) is 8.12. The third-order valence-electron chi connectivity index (χ3n) is 7.90. The Balaban J connectivity index is 1.73. The first kappa shape index (κ1) is 22.9. The van der Waals surface area contributed by atoms with Gasteiger partial charge in [0.1, 0.15) is 0 Å². The van der Waals surface area contributed by atoms with Crippen LogP contribution in [0, 0.1) is 11.3 Å². The van der Waals surface area contributed by atoms with E-state index in [4.69, 9.17) is 0 Å². The molecule has 0 heteroatoms. The first-order valence-electron chi connectivity index (χ1n) is 12.7. The van der Waals surface area contributed by atoms with Crippen LogP contribution in [0.5, 0.6) is 0 Å². The van der Waals surface area contributed by atoms with Crippen LogP contribution in [0.4, 0.5) is 0 Å². The van der Waals surface area contributed by atoms with E-state index in [1.807, 2.05) is 0 Å². The summed E-state index contributed by atoms with van der Waals surface area (Å²) < 4.78 is 0. The maximum absolute atomic E-state index is 2.57. The van der Waals surface area contributed by atoms with Crippen LogP contribution in [0.15, 0.2) is 96.1 Å². The smallest absolute Gasteiger partial charge is 0.0179 e. The van der Waals surface area contributed by atoms with Crippen molar-refractivity contribution in [1.29, 1.82) is 0 Å². The van der Waals surface area contributed by atoms with Gasteiger partial charge >= 0.3 is 0 Å². The average Bonchev–Trinajstić information content (AvgIpc) is 3.33. The Hall–Kier alpha value is -2.86. The van der Waals surface area contributed by atoms with Gasteiger partial charge in [-0.2, -0.15) is 0 Å². The molecule has 0 aromatic heterocycles. The molecule has 5 rings (SSSR count). The maximum Gasteiger partial charge on any atom is 0.0179 e. The second-order valence-corrected chi connectivity index (χ2v) is 12.3. The van der Waals surface area contributed by atoms with Gasteiger partial charge in [-0.3, -0.25) is 0 Å². The van der Waals surface area contributed by atoms with Crippen molar-refractivity contribution in [2.75, 3.05) is 0 Å². The van der Waals surface area contributed by atoms with E-state index in [0.29, 0.717) is 17.8 Å². The van der Waals surface area contributed by atoms with Crippen LogP contribution in [0.25, 0.3) is 11.1 Å². The predicted molar refractivity (Wildman–Crippen MR) is 146 cm³/mol. The summed E-state index contributed by atoms with van der Waals surface area (Å²) in [6, 6.07) is 27.6. The summed E-state index contributed by atoms with van der Waals surface area (Å²) in [6.07, 6.45) is 5.02. The van der Waals surface area contributed by atoms with Gasteiger partial charge in [0.15, 0.2) is 0 Å². The summed E-state index contributed by atoms with van der Waals surface area (Å²) in [5.74, 6) is 1.09. The lowest BCUT2D eigenvalue weighted by Crippen LogP contribution is -2.20. The van der Waals surface area contributed by atoms with Gasteiger partial charge in [0, 0.05) is 17.8 Å². The molecular weight excluding hydrogens is 408 g/mol. The predicted octanol–water partition coefficient (Wildman–Crippen LogP) is 9.43. The van der Waals surface area contributed by atoms with Crippen LogP contribution in [-0.2, 0) is 5.41 Å². The van der Waals surface area contributed by atoms with Crippen LogP contribution in [0.3, 0.4) is 0 Å². The summed E-state index contributed by atoms with van der Waals surface area (Å²) in [5, 5.41) is 0. The molecule has 2 aliphatic rings. The molecule has 3 unspecified atom stereocenters. The third-order valence-corrected chi connectivity index (χ3v) is 7.90. The van der Waals surface area contributed by atoms with Crippen molar-refractivity contribution in [3.63, 3.8) is 0 Å². The molecule has 0 radical (unpaired) electrons. The normalized spacial score (nSPS) is 20.4. The van der Waals surface area contributed by atoms with Crippen molar-refractivity contribution in [1.82, 2.24) is 0 Å². The van der Waals surface area contributed by atoms with E-state index in [1.54, 1.807) is 0 Å². The summed E-state index contributed by atoms with van der Waals surface area (Å²) in [4.78, 5) is 0. The topological polar surface area (TPSA) is 0 Å². The summed E-state index contributed by atoms with van der Waals surface area (Å²) in [6.45, 7) is 16.3. The molecule has 0 amide bonds. The van der Waals surface area contributed by atoms with Gasteiger partial charge < -0.3 is 0 Å². The minimum absolute atomic E-state index is 0.135. The summed E-state index contributed by atoms with van der Waals surface area (Å²) in [7, 11) is 0. The molecule has 0 saturated heterocycles. The quantitative estimate of drug-likeness (QED) is 0.376. The van der Waals surface area contributed by atoms with E-state index in [9.17, 15) is 0 Å². The van der Waals surface area contributed by atoms with E-state index in [-0.39, 0.29) is 10.8 Å². The lowest BCUT2D eigenvalue weighted by Gasteiger charge is -2.32. The van der Waals surface area contributed by atoms with Crippen molar-refractivity contribution in [2.24, 2.45) is 11.3 Å². The third kappa shape index (κ3) is 3.88. The second-order valence-electron chi connectivity index (χ2n) is 12.3. The molecular formula is C34H38. The van der Waals surface area contributed by atoms with E-state index in [2.05, 4.69) is 133 Å². The Labute approximate surface area is 206 Å². The van der Waals surface area contributed by atoms with Crippen molar-refractivity contribution in [3.05, 3.63) is 118 Å². The van der Waals surface area contributed by atoms with E-state index in [1.165, 1.54) is 44.5 Å². The lowest BCUT2D eigenvalue weighted by atomic mass is 9.71. The summed E-state index contributed by atoms with van der Waals surface area (Å²) in [5.41, 5.74) is 11.9. The molecule has 3 atom stereocenters. The van der Waals surface area contributed by atoms with Gasteiger partial charge in [0.05, 0.1) is 0 Å². The Morgan fingerprint density at radius 1 is 0.676 bits per heavy atom. The zero-order valence-electron chi connectivity index (χ0n) is 21.8. The molecule has 3 aromatic rings. The number of allylic oxidation sites excluding steroid dienone is 4. The minimum Gasteiger partial charge on any atom is -0.0729 e.